The molecule has 0 saturated carbocycles. The van der Waals surface area contributed by atoms with Crippen molar-refractivity contribution in [3.8, 4) is 0 Å². The van der Waals surface area contributed by atoms with Crippen LogP contribution in [0.4, 0.5) is 5.69 Å². The summed E-state index contributed by atoms with van der Waals surface area (Å²) in [6, 6.07) is 12.0. The zero-order chi connectivity index (χ0) is 22.0. The maximum atomic E-state index is 12.9. The summed E-state index contributed by atoms with van der Waals surface area (Å²) in [5, 5.41) is 17.6. The maximum absolute atomic E-state index is 12.9. The SMILES string of the molecule is CN(c1cccc2cc(C3=NCC(CCNCC(C)(C)O)S3)[nH]c12)S(=O)c1cccs1. The third kappa shape index (κ3) is 5.40. The lowest BCUT2D eigenvalue weighted by atomic mass is 10.1. The fourth-order valence-corrected chi connectivity index (χ4v) is 6.64. The quantitative estimate of drug-likeness (QED) is 0.408. The molecule has 3 aromatic rings. The van der Waals surface area contributed by atoms with Gasteiger partial charge in [0.25, 0.3) is 0 Å². The highest BCUT2D eigenvalue weighted by atomic mass is 32.2. The van der Waals surface area contributed by atoms with Gasteiger partial charge in [-0.1, -0.05) is 30.0 Å². The van der Waals surface area contributed by atoms with Crippen molar-refractivity contribution in [2.45, 2.75) is 35.3 Å². The molecule has 0 spiro atoms. The first-order valence-electron chi connectivity index (χ1n) is 10.3. The monoisotopic (exact) mass is 476 g/mol. The predicted octanol–water partition coefficient (Wildman–Crippen LogP) is 4.00. The highest BCUT2D eigenvalue weighted by molar-refractivity contribution is 8.15. The van der Waals surface area contributed by atoms with Gasteiger partial charge in [0.15, 0.2) is 11.0 Å². The first kappa shape index (κ1) is 22.5. The molecular weight excluding hydrogens is 448 g/mol. The zero-order valence-electron chi connectivity index (χ0n) is 17.9. The second kappa shape index (κ2) is 9.46. The minimum atomic E-state index is -1.24. The first-order valence-corrected chi connectivity index (χ1v) is 13.1. The van der Waals surface area contributed by atoms with Crippen molar-refractivity contribution in [2.24, 2.45) is 4.99 Å². The van der Waals surface area contributed by atoms with Gasteiger partial charge in [-0.25, -0.2) is 4.21 Å². The van der Waals surface area contributed by atoms with E-state index in [0.717, 1.165) is 51.0 Å². The van der Waals surface area contributed by atoms with Crippen molar-refractivity contribution in [1.29, 1.82) is 0 Å². The van der Waals surface area contributed by atoms with E-state index in [4.69, 9.17) is 4.99 Å². The lowest BCUT2D eigenvalue weighted by molar-refractivity contribution is 0.0799. The molecule has 0 fully saturated rings. The molecule has 2 aromatic heterocycles. The largest absolute Gasteiger partial charge is 0.389 e. The smallest absolute Gasteiger partial charge is 0.163 e. The Bertz CT molecular complexity index is 1090. The molecule has 9 heteroatoms. The second-order valence-electron chi connectivity index (χ2n) is 8.27. The summed E-state index contributed by atoms with van der Waals surface area (Å²) in [4.78, 5) is 8.28. The third-order valence-corrected chi connectivity index (χ3v) is 8.88. The van der Waals surface area contributed by atoms with Gasteiger partial charge in [0.05, 0.1) is 29.0 Å². The summed E-state index contributed by atoms with van der Waals surface area (Å²) >= 11 is 3.30. The van der Waals surface area contributed by atoms with Gasteiger partial charge in [-0.15, -0.1) is 11.3 Å². The van der Waals surface area contributed by atoms with Crippen LogP contribution >= 0.6 is 23.1 Å². The molecule has 166 valence electrons. The maximum Gasteiger partial charge on any atom is 0.163 e. The van der Waals surface area contributed by atoms with Crippen molar-refractivity contribution < 1.29 is 9.32 Å². The van der Waals surface area contributed by atoms with E-state index in [-0.39, 0.29) is 0 Å². The lowest BCUT2D eigenvalue weighted by Crippen LogP contribution is -2.35. The number of aliphatic hydroxyl groups is 1. The molecule has 1 aliphatic heterocycles. The van der Waals surface area contributed by atoms with Gasteiger partial charge < -0.3 is 15.4 Å². The summed E-state index contributed by atoms with van der Waals surface area (Å²) in [5.74, 6) is 0. The number of thiophene rings is 1. The molecule has 31 heavy (non-hydrogen) atoms. The summed E-state index contributed by atoms with van der Waals surface area (Å²) in [6.07, 6.45) is 1.00. The lowest BCUT2D eigenvalue weighted by Gasteiger charge is -2.18. The van der Waals surface area contributed by atoms with Gasteiger partial charge in [0.2, 0.25) is 0 Å². The average molecular weight is 477 g/mol. The molecule has 0 bridgehead atoms. The molecule has 2 atom stereocenters. The molecule has 0 amide bonds. The standard InChI is InChI=1S/C22H28N4O2S3/c1-22(2,27)14-23-10-9-16-13-24-21(30-16)17-12-15-6-4-7-18(20(15)25-17)26(3)31(28)19-8-5-11-29-19/h4-8,11-12,16,23,25,27H,9-10,13-14H2,1-3H3. The van der Waals surface area contributed by atoms with Crippen LogP contribution in [0.25, 0.3) is 10.9 Å². The molecule has 0 radical (unpaired) electrons. The van der Waals surface area contributed by atoms with E-state index >= 15 is 0 Å². The van der Waals surface area contributed by atoms with E-state index in [1.165, 1.54) is 11.3 Å². The summed E-state index contributed by atoms with van der Waals surface area (Å²) in [5.41, 5.74) is 2.21. The van der Waals surface area contributed by atoms with E-state index in [1.807, 2.05) is 54.8 Å². The van der Waals surface area contributed by atoms with Gasteiger partial charge in [0, 0.05) is 24.2 Å². The number of hydrogen-bond acceptors (Lipinski definition) is 6. The highest BCUT2D eigenvalue weighted by Crippen LogP contribution is 2.33. The number of nitrogens with one attached hydrogen (secondary N) is 2. The number of rotatable bonds is 9. The number of thioether (sulfide) groups is 1. The first-order chi connectivity index (χ1) is 14.8. The molecule has 4 rings (SSSR count). The van der Waals surface area contributed by atoms with Gasteiger partial charge in [-0.3, -0.25) is 9.30 Å². The number of aliphatic imine (C=N–C) groups is 1. The zero-order valence-corrected chi connectivity index (χ0v) is 20.4. The topological polar surface area (TPSA) is 80.7 Å². The van der Waals surface area contributed by atoms with E-state index < -0.39 is 16.6 Å². The minimum Gasteiger partial charge on any atom is -0.389 e. The normalized spacial score (nSPS) is 17.8. The Hall–Kier alpha value is -1.65. The molecule has 1 aliphatic rings. The van der Waals surface area contributed by atoms with Crippen LogP contribution in [0.1, 0.15) is 26.0 Å². The van der Waals surface area contributed by atoms with E-state index in [0.29, 0.717) is 11.8 Å². The Morgan fingerprint density at radius 1 is 1.35 bits per heavy atom. The van der Waals surface area contributed by atoms with Crippen LogP contribution in [0.2, 0.25) is 0 Å². The van der Waals surface area contributed by atoms with Crippen LogP contribution in [-0.2, 0) is 11.0 Å². The number of aromatic amines is 1. The molecule has 0 saturated heterocycles. The number of aromatic nitrogens is 1. The molecule has 0 aliphatic carbocycles. The number of H-pyrrole nitrogens is 1. The van der Waals surface area contributed by atoms with E-state index in [1.54, 1.807) is 11.8 Å². The number of hydrogen-bond donors (Lipinski definition) is 3. The van der Waals surface area contributed by atoms with Crippen molar-refractivity contribution in [1.82, 2.24) is 10.3 Å². The number of fused-ring (bicyclic) bond motifs is 1. The van der Waals surface area contributed by atoms with Crippen LogP contribution in [0, 0.1) is 0 Å². The fraction of sp³-hybridized carbons (Fsp3) is 0.409. The third-order valence-electron chi connectivity index (χ3n) is 5.04. The summed E-state index contributed by atoms with van der Waals surface area (Å²) < 4.78 is 15.6. The van der Waals surface area contributed by atoms with Crippen LogP contribution < -0.4 is 9.62 Å². The van der Waals surface area contributed by atoms with Crippen LogP contribution in [0.15, 0.2) is 51.0 Å². The average Bonchev–Trinajstić information content (AvgIpc) is 3.49. The van der Waals surface area contributed by atoms with Crippen molar-refractivity contribution in [3.63, 3.8) is 0 Å². The number of benzene rings is 1. The Balaban J connectivity index is 1.44. The molecule has 3 heterocycles. The fourth-order valence-electron chi connectivity index (χ4n) is 3.48. The van der Waals surface area contributed by atoms with Crippen LogP contribution in [0.3, 0.4) is 0 Å². The number of anilines is 1. The Labute approximate surface area is 193 Å². The van der Waals surface area contributed by atoms with Gasteiger partial charge >= 0.3 is 0 Å². The summed E-state index contributed by atoms with van der Waals surface area (Å²) in [7, 11) is 0.623. The number of para-hydroxylation sites is 1. The van der Waals surface area contributed by atoms with Crippen LogP contribution in [-0.4, -0.2) is 56.9 Å². The Morgan fingerprint density at radius 2 is 2.19 bits per heavy atom. The molecule has 2 unspecified atom stereocenters. The second-order valence-corrected chi connectivity index (χ2v) is 12.2. The van der Waals surface area contributed by atoms with E-state index in [2.05, 4.69) is 22.4 Å². The summed E-state index contributed by atoms with van der Waals surface area (Å²) in [6.45, 7) is 5.87. The van der Waals surface area contributed by atoms with Crippen molar-refractivity contribution in [3.05, 3.63) is 47.5 Å². The van der Waals surface area contributed by atoms with Crippen molar-refractivity contribution >= 4 is 55.7 Å². The van der Waals surface area contributed by atoms with Gasteiger partial charge in [-0.2, -0.15) is 0 Å². The predicted molar refractivity (Wildman–Crippen MR) is 134 cm³/mol. The number of nitrogens with zero attached hydrogens (tertiary/aromatic N) is 2. The highest BCUT2D eigenvalue weighted by Gasteiger charge is 2.23. The Morgan fingerprint density at radius 3 is 2.94 bits per heavy atom. The van der Waals surface area contributed by atoms with E-state index in [9.17, 15) is 9.32 Å². The molecule has 1 aromatic carbocycles. The minimum absolute atomic E-state index is 0.434. The van der Waals surface area contributed by atoms with Crippen molar-refractivity contribution in [2.75, 3.05) is 31.0 Å². The Kier molecular flexibility index (Phi) is 6.88. The van der Waals surface area contributed by atoms with Gasteiger partial charge in [0.1, 0.15) is 9.25 Å². The van der Waals surface area contributed by atoms with Gasteiger partial charge in [-0.05, 0) is 50.4 Å². The molecule has 6 nitrogen and oxygen atoms in total. The van der Waals surface area contributed by atoms with Crippen LogP contribution in [0.5, 0.6) is 0 Å². The molecular formula is C22H28N4O2S3. The molecule has 3 N–H and O–H groups in total.